The van der Waals surface area contributed by atoms with Gasteiger partial charge in [-0.25, -0.2) is 0 Å². The Balaban J connectivity index is 3.01. The lowest BCUT2D eigenvalue weighted by atomic mass is 9.96. The summed E-state index contributed by atoms with van der Waals surface area (Å²) in [5.74, 6) is -0.123. The Bertz CT molecular complexity index is 843. The van der Waals surface area contributed by atoms with E-state index in [1.807, 2.05) is 6.07 Å². The Morgan fingerprint density at radius 2 is 1.80 bits per heavy atom. The zero-order valence-electron chi connectivity index (χ0n) is 9.87. The number of nitrogen functional groups attached to an aromatic ring is 1. The van der Waals surface area contributed by atoms with Crippen molar-refractivity contribution in [2.24, 2.45) is 0 Å². The van der Waals surface area contributed by atoms with Crippen LogP contribution in [0.4, 0.5) is 5.82 Å². The van der Waals surface area contributed by atoms with Crippen LogP contribution in [-0.2, 0) is 0 Å². The first-order valence-corrected chi connectivity index (χ1v) is 6.07. The highest BCUT2D eigenvalue weighted by atomic mass is 35.5. The Morgan fingerprint density at radius 3 is 2.40 bits per heavy atom. The highest BCUT2D eigenvalue weighted by Crippen LogP contribution is 2.36. The van der Waals surface area contributed by atoms with Gasteiger partial charge in [-0.05, 0) is 6.07 Å². The number of anilines is 1. The first-order chi connectivity index (χ1) is 9.51. The second-order valence-electron chi connectivity index (χ2n) is 3.82. The van der Waals surface area contributed by atoms with Crippen molar-refractivity contribution in [3.05, 3.63) is 49.7 Å². The average molecular weight is 305 g/mol. The molecule has 7 heteroatoms. The number of H-pyrrole nitrogens is 1. The van der Waals surface area contributed by atoms with Crippen molar-refractivity contribution in [1.82, 2.24) is 4.98 Å². The lowest BCUT2D eigenvalue weighted by Gasteiger charge is -2.10. The van der Waals surface area contributed by atoms with Crippen LogP contribution < -0.4 is 11.3 Å². The Morgan fingerprint density at radius 1 is 1.15 bits per heavy atom. The van der Waals surface area contributed by atoms with Crippen molar-refractivity contribution in [2.75, 3.05) is 5.73 Å². The highest BCUT2D eigenvalue weighted by Gasteiger charge is 2.20. The summed E-state index contributed by atoms with van der Waals surface area (Å²) in [5, 5.41) is 18.7. The van der Waals surface area contributed by atoms with Crippen molar-refractivity contribution < 1.29 is 0 Å². The Hall–Kier alpha value is -2.47. The van der Waals surface area contributed by atoms with Crippen LogP contribution in [0.15, 0.2) is 23.0 Å². The summed E-state index contributed by atoms with van der Waals surface area (Å²) in [6.07, 6.45) is 0. The molecule has 2 aromatic rings. The maximum absolute atomic E-state index is 11.8. The number of hydrogen-bond acceptors (Lipinski definition) is 4. The molecule has 0 unspecified atom stereocenters. The molecule has 20 heavy (non-hydrogen) atoms. The van der Waals surface area contributed by atoms with E-state index < -0.39 is 5.56 Å². The van der Waals surface area contributed by atoms with Gasteiger partial charge in [0.25, 0.3) is 5.56 Å². The van der Waals surface area contributed by atoms with Crippen molar-refractivity contribution in [3.8, 4) is 23.3 Å². The summed E-state index contributed by atoms with van der Waals surface area (Å²) in [6.45, 7) is 0. The van der Waals surface area contributed by atoms with Gasteiger partial charge in [0.15, 0.2) is 0 Å². The number of hydrogen-bond donors (Lipinski definition) is 2. The first-order valence-electron chi connectivity index (χ1n) is 5.31. The number of nitrogens with zero attached hydrogens (tertiary/aromatic N) is 2. The van der Waals surface area contributed by atoms with Crippen LogP contribution in [0.3, 0.4) is 0 Å². The zero-order valence-corrected chi connectivity index (χ0v) is 11.4. The molecule has 1 aromatic carbocycles. The second kappa shape index (κ2) is 5.26. The molecule has 0 fully saturated rings. The molecule has 0 amide bonds. The summed E-state index contributed by atoms with van der Waals surface area (Å²) in [4.78, 5) is 14.0. The fourth-order valence-electron chi connectivity index (χ4n) is 1.81. The number of nitriles is 2. The van der Waals surface area contributed by atoms with E-state index in [2.05, 4.69) is 4.98 Å². The smallest absolute Gasteiger partial charge is 0.268 e. The van der Waals surface area contributed by atoms with Gasteiger partial charge in [-0.1, -0.05) is 35.3 Å². The number of pyridine rings is 1. The molecular formula is C13H6Cl2N4O. The second-order valence-corrected chi connectivity index (χ2v) is 4.60. The van der Waals surface area contributed by atoms with Crippen LogP contribution in [0, 0.1) is 22.7 Å². The van der Waals surface area contributed by atoms with Gasteiger partial charge in [0.1, 0.15) is 29.1 Å². The number of nitrogens with one attached hydrogen (secondary N) is 1. The van der Waals surface area contributed by atoms with Gasteiger partial charge in [0.05, 0.1) is 10.0 Å². The number of halogens is 2. The standard InChI is InChI=1S/C13H6Cl2N4O/c14-9-3-1-2-6(11(9)15)10-7(4-16)12(18)19-13(20)8(10)5-17/h1-3H,(H3,18,19,20). The summed E-state index contributed by atoms with van der Waals surface area (Å²) in [7, 11) is 0. The molecule has 0 aliphatic carbocycles. The monoisotopic (exact) mass is 304 g/mol. The number of nitrogens with two attached hydrogens (primary N) is 1. The molecule has 1 aromatic heterocycles. The molecule has 0 bridgehead atoms. The molecule has 1 heterocycles. The summed E-state index contributed by atoms with van der Waals surface area (Å²) in [6, 6.07) is 8.34. The van der Waals surface area contributed by atoms with E-state index in [9.17, 15) is 10.1 Å². The lowest BCUT2D eigenvalue weighted by molar-refractivity contribution is 1.21. The van der Waals surface area contributed by atoms with Crippen LogP contribution in [0.2, 0.25) is 10.0 Å². The minimum atomic E-state index is -0.685. The van der Waals surface area contributed by atoms with E-state index in [-0.39, 0.29) is 32.6 Å². The number of rotatable bonds is 1. The van der Waals surface area contributed by atoms with Gasteiger partial charge >= 0.3 is 0 Å². The third kappa shape index (κ3) is 2.10. The predicted molar refractivity (Wildman–Crippen MR) is 76.4 cm³/mol. The Labute approximate surface area is 123 Å². The van der Waals surface area contributed by atoms with E-state index in [1.54, 1.807) is 24.3 Å². The van der Waals surface area contributed by atoms with Gasteiger partial charge in [-0.15, -0.1) is 0 Å². The van der Waals surface area contributed by atoms with Gasteiger partial charge in [-0.2, -0.15) is 10.5 Å². The van der Waals surface area contributed by atoms with Gasteiger partial charge in [0, 0.05) is 11.1 Å². The maximum atomic E-state index is 11.8. The molecule has 0 aliphatic rings. The predicted octanol–water partition coefficient (Wildman–Crippen LogP) is 2.67. The SMILES string of the molecule is N#Cc1c(N)[nH]c(=O)c(C#N)c1-c1cccc(Cl)c1Cl. The number of aromatic amines is 1. The fourth-order valence-corrected chi connectivity index (χ4v) is 2.20. The molecule has 0 spiro atoms. The molecule has 0 aliphatic heterocycles. The van der Waals surface area contributed by atoms with Crippen molar-refractivity contribution in [1.29, 1.82) is 10.5 Å². The minimum Gasteiger partial charge on any atom is -0.384 e. The van der Waals surface area contributed by atoms with E-state index in [4.69, 9.17) is 34.2 Å². The van der Waals surface area contributed by atoms with Crippen molar-refractivity contribution >= 4 is 29.0 Å². The summed E-state index contributed by atoms with van der Waals surface area (Å²) < 4.78 is 0. The quantitative estimate of drug-likeness (QED) is 0.844. The molecule has 0 saturated heterocycles. The van der Waals surface area contributed by atoms with E-state index >= 15 is 0 Å². The fraction of sp³-hybridized carbons (Fsp3) is 0. The Kier molecular flexibility index (Phi) is 3.67. The number of benzene rings is 1. The highest BCUT2D eigenvalue weighted by molar-refractivity contribution is 6.43. The zero-order chi connectivity index (χ0) is 14.9. The normalized spacial score (nSPS) is 9.80. The largest absolute Gasteiger partial charge is 0.384 e. The van der Waals surface area contributed by atoms with Crippen LogP contribution in [0.25, 0.3) is 11.1 Å². The molecular weight excluding hydrogens is 299 g/mol. The average Bonchev–Trinajstić information content (AvgIpc) is 2.41. The lowest BCUT2D eigenvalue weighted by Crippen LogP contribution is -2.16. The molecule has 3 N–H and O–H groups in total. The van der Waals surface area contributed by atoms with Crippen LogP contribution in [0.1, 0.15) is 11.1 Å². The molecule has 98 valence electrons. The molecule has 5 nitrogen and oxygen atoms in total. The van der Waals surface area contributed by atoms with Crippen molar-refractivity contribution in [2.45, 2.75) is 0 Å². The van der Waals surface area contributed by atoms with Gasteiger partial charge in [0.2, 0.25) is 0 Å². The molecule has 0 saturated carbocycles. The van der Waals surface area contributed by atoms with E-state index in [1.165, 1.54) is 0 Å². The topological polar surface area (TPSA) is 106 Å². The van der Waals surface area contributed by atoms with Gasteiger partial charge in [-0.3, -0.25) is 4.79 Å². The molecule has 0 radical (unpaired) electrons. The van der Waals surface area contributed by atoms with Crippen LogP contribution in [0.5, 0.6) is 0 Å². The maximum Gasteiger partial charge on any atom is 0.268 e. The molecule has 2 rings (SSSR count). The number of aromatic nitrogens is 1. The third-order valence-electron chi connectivity index (χ3n) is 2.69. The van der Waals surface area contributed by atoms with E-state index in [0.29, 0.717) is 5.56 Å². The van der Waals surface area contributed by atoms with Crippen LogP contribution >= 0.6 is 23.2 Å². The van der Waals surface area contributed by atoms with E-state index in [0.717, 1.165) is 0 Å². The first kappa shape index (κ1) is 14.0. The summed E-state index contributed by atoms with van der Waals surface area (Å²) >= 11 is 12.0. The minimum absolute atomic E-state index is 0.0229. The van der Waals surface area contributed by atoms with Gasteiger partial charge < -0.3 is 10.7 Å². The van der Waals surface area contributed by atoms with Crippen LogP contribution in [-0.4, -0.2) is 4.98 Å². The third-order valence-corrected chi connectivity index (χ3v) is 3.51. The summed E-state index contributed by atoms with van der Waals surface area (Å²) in [5.41, 5.74) is 5.07. The molecule has 0 atom stereocenters. The van der Waals surface area contributed by atoms with Crippen molar-refractivity contribution in [3.63, 3.8) is 0 Å².